The molecule has 2 atom stereocenters. The van der Waals surface area contributed by atoms with Crippen molar-refractivity contribution in [3.8, 4) is 0 Å². The van der Waals surface area contributed by atoms with E-state index in [0.29, 0.717) is 13.0 Å². The summed E-state index contributed by atoms with van der Waals surface area (Å²) in [5.74, 6) is -1.36. The Balaban J connectivity index is 2.02. The average molecular weight is 389 g/mol. The smallest absolute Gasteiger partial charge is 0.326 e. The minimum atomic E-state index is -1.03. The number of rotatable bonds is 5. The molecule has 6 heteroatoms. The molecule has 1 amide bonds. The van der Waals surface area contributed by atoms with Gasteiger partial charge in [0.2, 0.25) is 5.91 Å². The molecule has 0 aromatic heterocycles. The first-order chi connectivity index (χ1) is 9.58. The second-order valence-electron chi connectivity index (χ2n) is 4.70. The van der Waals surface area contributed by atoms with Gasteiger partial charge < -0.3 is 15.2 Å². The monoisotopic (exact) mass is 389 g/mol. The summed E-state index contributed by atoms with van der Waals surface area (Å²) in [6.45, 7) is 0.562. The quantitative estimate of drug-likeness (QED) is 0.750. The van der Waals surface area contributed by atoms with E-state index in [9.17, 15) is 14.7 Å². The largest absolute Gasteiger partial charge is 0.480 e. The summed E-state index contributed by atoms with van der Waals surface area (Å²) in [7, 11) is 0. The molecular weight excluding hydrogens is 373 g/mol. The molecule has 2 rings (SSSR count). The van der Waals surface area contributed by atoms with E-state index in [4.69, 9.17) is 4.74 Å². The number of nitrogens with one attached hydrogen (secondary N) is 1. The maximum Gasteiger partial charge on any atom is 0.326 e. The fraction of sp³-hybridized carbons (Fsp3) is 0.429. The zero-order valence-corrected chi connectivity index (χ0v) is 13.0. The number of hydrogen-bond acceptors (Lipinski definition) is 3. The molecule has 5 nitrogen and oxygen atoms in total. The number of hydrogen-bond donors (Lipinski definition) is 2. The molecule has 0 spiro atoms. The topological polar surface area (TPSA) is 75.6 Å². The SMILES string of the molecule is O=C(O)[C@H](Cc1ccccc1I)NC(=O)[C@H]1CCCO1. The summed E-state index contributed by atoms with van der Waals surface area (Å²) < 4.78 is 6.25. The van der Waals surface area contributed by atoms with E-state index >= 15 is 0 Å². The van der Waals surface area contributed by atoms with Crippen molar-refractivity contribution in [3.63, 3.8) is 0 Å². The second kappa shape index (κ2) is 7.03. The molecule has 1 aromatic rings. The molecule has 1 heterocycles. The number of carboxylic acid groups (broad SMARTS) is 1. The minimum absolute atomic E-state index is 0.271. The number of ether oxygens (including phenoxy) is 1. The maximum absolute atomic E-state index is 11.9. The number of carbonyl (C=O) groups excluding carboxylic acids is 1. The predicted molar refractivity (Wildman–Crippen MR) is 81.4 cm³/mol. The van der Waals surface area contributed by atoms with Gasteiger partial charge in [0.1, 0.15) is 12.1 Å². The number of halogens is 1. The van der Waals surface area contributed by atoms with Gasteiger partial charge in [-0.2, -0.15) is 0 Å². The van der Waals surface area contributed by atoms with E-state index in [1.165, 1.54) is 0 Å². The summed E-state index contributed by atoms with van der Waals surface area (Å²) >= 11 is 2.16. The summed E-state index contributed by atoms with van der Waals surface area (Å²) in [6, 6.07) is 6.61. The van der Waals surface area contributed by atoms with Crippen molar-refractivity contribution in [1.29, 1.82) is 0 Å². The molecule has 0 unspecified atom stereocenters. The zero-order chi connectivity index (χ0) is 14.5. The van der Waals surface area contributed by atoms with Gasteiger partial charge in [-0.25, -0.2) is 4.79 Å². The third kappa shape index (κ3) is 3.92. The van der Waals surface area contributed by atoms with E-state index in [1.54, 1.807) is 0 Å². The van der Waals surface area contributed by atoms with Crippen molar-refractivity contribution >= 4 is 34.5 Å². The first-order valence-corrected chi connectivity index (χ1v) is 7.54. The highest BCUT2D eigenvalue weighted by atomic mass is 127. The lowest BCUT2D eigenvalue weighted by Crippen LogP contribution is -2.46. The van der Waals surface area contributed by atoms with Crippen molar-refractivity contribution in [1.82, 2.24) is 5.32 Å². The summed E-state index contributed by atoms with van der Waals surface area (Å²) in [5, 5.41) is 11.8. The third-order valence-corrected chi connectivity index (χ3v) is 4.27. The fourth-order valence-corrected chi connectivity index (χ4v) is 2.74. The van der Waals surface area contributed by atoms with Crippen molar-refractivity contribution in [2.24, 2.45) is 0 Å². The highest BCUT2D eigenvalue weighted by Crippen LogP contribution is 2.15. The first-order valence-electron chi connectivity index (χ1n) is 6.46. The molecule has 0 bridgehead atoms. The van der Waals surface area contributed by atoms with E-state index in [-0.39, 0.29) is 12.3 Å². The van der Waals surface area contributed by atoms with Crippen LogP contribution >= 0.6 is 22.6 Å². The van der Waals surface area contributed by atoms with E-state index < -0.39 is 18.1 Å². The Morgan fingerprint density at radius 3 is 2.80 bits per heavy atom. The molecule has 1 aliphatic heterocycles. The van der Waals surface area contributed by atoms with Gasteiger partial charge in [0.05, 0.1) is 0 Å². The van der Waals surface area contributed by atoms with E-state index in [2.05, 4.69) is 27.9 Å². The van der Waals surface area contributed by atoms with Crippen LogP contribution in [0.4, 0.5) is 0 Å². The first kappa shape index (κ1) is 15.2. The number of benzene rings is 1. The predicted octanol–water partition coefficient (Wildman–Crippen LogP) is 1.58. The Morgan fingerprint density at radius 2 is 2.20 bits per heavy atom. The van der Waals surface area contributed by atoms with Gasteiger partial charge in [0.25, 0.3) is 0 Å². The lowest BCUT2D eigenvalue weighted by atomic mass is 10.1. The van der Waals surface area contributed by atoms with Crippen LogP contribution in [0.1, 0.15) is 18.4 Å². The van der Waals surface area contributed by atoms with Crippen LogP contribution in [0.2, 0.25) is 0 Å². The molecule has 2 N–H and O–H groups in total. The maximum atomic E-state index is 11.9. The normalized spacial score (nSPS) is 19.6. The van der Waals surface area contributed by atoms with Crippen LogP contribution in [0.3, 0.4) is 0 Å². The van der Waals surface area contributed by atoms with E-state index in [1.807, 2.05) is 24.3 Å². The molecular formula is C14H16INO4. The highest BCUT2D eigenvalue weighted by Gasteiger charge is 2.28. The molecule has 1 aliphatic rings. The van der Waals surface area contributed by atoms with Gasteiger partial charge in [-0.05, 0) is 47.1 Å². The number of carboxylic acids is 1. The van der Waals surface area contributed by atoms with Crippen LogP contribution in [0.25, 0.3) is 0 Å². The molecule has 20 heavy (non-hydrogen) atoms. The van der Waals surface area contributed by atoms with Crippen molar-refractivity contribution in [2.75, 3.05) is 6.61 Å². The van der Waals surface area contributed by atoms with Gasteiger partial charge in [-0.15, -0.1) is 0 Å². The fourth-order valence-electron chi connectivity index (χ4n) is 2.13. The number of carbonyl (C=O) groups is 2. The molecule has 1 aromatic carbocycles. The summed E-state index contributed by atoms with van der Waals surface area (Å²) in [6.07, 6.45) is 1.26. The van der Waals surface area contributed by atoms with Crippen molar-refractivity contribution in [3.05, 3.63) is 33.4 Å². The van der Waals surface area contributed by atoms with Gasteiger partial charge in [-0.3, -0.25) is 4.79 Å². The average Bonchev–Trinajstić information content (AvgIpc) is 2.94. The molecule has 0 aliphatic carbocycles. The lowest BCUT2D eigenvalue weighted by molar-refractivity contribution is -0.143. The molecule has 0 radical (unpaired) electrons. The van der Waals surface area contributed by atoms with Crippen LogP contribution in [0, 0.1) is 3.57 Å². The minimum Gasteiger partial charge on any atom is -0.480 e. The third-order valence-electron chi connectivity index (χ3n) is 3.22. The molecule has 1 fully saturated rings. The molecule has 108 valence electrons. The summed E-state index contributed by atoms with van der Waals surface area (Å²) in [5.41, 5.74) is 0.910. The van der Waals surface area contributed by atoms with Gasteiger partial charge >= 0.3 is 5.97 Å². The Bertz CT molecular complexity index is 500. The highest BCUT2D eigenvalue weighted by molar-refractivity contribution is 14.1. The van der Waals surface area contributed by atoms with Crippen LogP contribution in [-0.4, -0.2) is 35.7 Å². The standard InChI is InChI=1S/C14H16INO4/c15-10-5-2-1-4-9(10)8-11(14(18)19)16-13(17)12-6-3-7-20-12/h1-2,4-5,11-12H,3,6-8H2,(H,16,17)(H,18,19)/t11-,12+/m0/s1. The Kier molecular flexibility index (Phi) is 5.36. The van der Waals surface area contributed by atoms with Gasteiger partial charge in [0, 0.05) is 16.6 Å². The Hall–Kier alpha value is -1.15. The van der Waals surface area contributed by atoms with Crippen LogP contribution < -0.4 is 5.32 Å². The van der Waals surface area contributed by atoms with Crippen LogP contribution in [0.15, 0.2) is 24.3 Å². The lowest BCUT2D eigenvalue weighted by Gasteiger charge is -2.17. The summed E-state index contributed by atoms with van der Waals surface area (Å²) in [4.78, 5) is 23.2. The van der Waals surface area contributed by atoms with Crippen molar-refractivity contribution in [2.45, 2.75) is 31.4 Å². The number of aliphatic carboxylic acids is 1. The molecule has 0 saturated carbocycles. The van der Waals surface area contributed by atoms with Gasteiger partial charge in [0.15, 0.2) is 0 Å². The van der Waals surface area contributed by atoms with Gasteiger partial charge in [-0.1, -0.05) is 18.2 Å². The zero-order valence-electron chi connectivity index (χ0n) is 10.8. The number of amides is 1. The van der Waals surface area contributed by atoms with Crippen molar-refractivity contribution < 1.29 is 19.4 Å². The Morgan fingerprint density at radius 1 is 1.45 bits per heavy atom. The second-order valence-corrected chi connectivity index (χ2v) is 5.86. The van der Waals surface area contributed by atoms with E-state index in [0.717, 1.165) is 15.6 Å². The molecule has 1 saturated heterocycles. The van der Waals surface area contributed by atoms with Crippen LogP contribution in [-0.2, 0) is 20.7 Å². The van der Waals surface area contributed by atoms with Crippen LogP contribution in [0.5, 0.6) is 0 Å². The Labute approximate surface area is 130 Å².